The third kappa shape index (κ3) is 7.35. The topological polar surface area (TPSA) is 105 Å². The second-order valence-electron chi connectivity index (χ2n) is 12.2. The van der Waals surface area contributed by atoms with E-state index >= 15 is 0 Å². The summed E-state index contributed by atoms with van der Waals surface area (Å²) in [4.78, 5) is 43.1. The molecule has 3 fully saturated rings. The summed E-state index contributed by atoms with van der Waals surface area (Å²) in [6, 6.07) is 15.5. The minimum atomic E-state index is -0.529. The molecule has 5 rings (SSSR count). The molecular weight excluding hydrogens is 551 g/mol. The Morgan fingerprint density at radius 3 is 2.26 bits per heavy atom. The van der Waals surface area contributed by atoms with Gasteiger partial charge in [0.15, 0.2) is 0 Å². The maximum absolute atomic E-state index is 13.9. The van der Waals surface area contributed by atoms with Gasteiger partial charge in [-0.25, -0.2) is 4.39 Å². The lowest BCUT2D eigenvalue weighted by Crippen LogP contribution is -2.50. The number of carbonyl (C=O) groups excluding carboxylic acids is 3. The molecule has 7 nitrogen and oxygen atoms in total. The first-order valence-electron chi connectivity index (χ1n) is 15.5. The van der Waals surface area contributed by atoms with Crippen molar-refractivity contribution in [1.82, 2.24) is 9.62 Å². The summed E-state index contributed by atoms with van der Waals surface area (Å²) >= 11 is 1.26. The Kier molecular flexibility index (Phi) is 10.6. The van der Waals surface area contributed by atoms with Crippen molar-refractivity contribution in [2.75, 3.05) is 18.5 Å². The number of nitrogens with two attached hydrogens (primary N) is 1. The molecule has 42 heavy (non-hydrogen) atoms. The summed E-state index contributed by atoms with van der Waals surface area (Å²) in [5.74, 6) is 0.261. The van der Waals surface area contributed by atoms with Gasteiger partial charge in [-0.1, -0.05) is 50.3 Å². The van der Waals surface area contributed by atoms with E-state index in [2.05, 4.69) is 10.0 Å². The highest BCUT2D eigenvalue weighted by molar-refractivity contribution is 7.98. The molecular formula is C33H43FN4O3S. The van der Waals surface area contributed by atoms with Gasteiger partial charge in [0.25, 0.3) is 5.91 Å². The van der Waals surface area contributed by atoms with Crippen LogP contribution in [-0.2, 0) is 9.59 Å². The zero-order valence-electron chi connectivity index (χ0n) is 24.2. The molecule has 1 aliphatic heterocycles. The monoisotopic (exact) mass is 594 g/mol. The molecule has 2 aromatic carbocycles. The van der Waals surface area contributed by atoms with Gasteiger partial charge in [-0.15, -0.1) is 0 Å². The highest BCUT2D eigenvalue weighted by Gasteiger charge is 2.47. The molecule has 3 amide bonds. The van der Waals surface area contributed by atoms with Crippen LogP contribution in [0.25, 0.3) is 0 Å². The smallest absolute Gasteiger partial charge is 0.261 e. The van der Waals surface area contributed by atoms with E-state index in [1.165, 1.54) is 31.2 Å². The van der Waals surface area contributed by atoms with Gasteiger partial charge < -0.3 is 16.0 Å². The maximum atomic E-state index is 13.9. The molecule has 2 saturated carbocycles. The van der Waals surface area contributed by atoms with E-state index in [1.807, 2.05) is 35.2 Å². The molecule has 2 aliphatic carbocycles. The Morgan fingerprint density at radius 1 is 0.905 bits per heavy atom. The first kappa shape index (κ1) is 30.5. The second kappa shape index (κ2) is 14.5. The average molecular weight is 595 g/mol. The normalized spacial score (nSPS) is 25.5. The van der Waals surface area contributed by atoms with Gasteiger partial charge in [-0.3, -0.25) is 19.1 Å². The Balaban J connectivity index is 1.24. The number of likely N-dealkylation sites (tertiary alicyclic amines) is 1. The van der Waals surface area contributed by atoms with Gasteiger partial charge in [0.1, 0.15) is 12.7 Å². The maximum Gasteiger partial charge on any atom is 0.261 e. The minimum absolute atomic E-state index is 0.0589. The van der Waals surface area contributed by atoms with Crippen molar-refractivity contribution in [1.29, 1.82) is 0 Å². The first-order chi connectivity index (χ1) is 20.4. The number of alkyl halides is 1. The van der Waals surface area contributed by atoms with Gasteiger partial charge in [-0.05, 0) is 98.2 Å². The molecule has 2 aromatic rings. The Morgan fingerprint density at radius 2 is 1.60 bits per heavy atom. The lowest BCUT2D eigenvalue weighted by Gasteiger charge is -2.36. The minimum Gasteiger partial charge on any atom is -0.330 e. The highest BCUT2D eigenvalue weighted by atomic mass is 32.2. The van der Waals surface area contributed by atoms with Crippen molar-refractivity contribution >= 4 is 35.4 Å². The van der Waals surface area contributed by atoms with Crippen LogP contribution in [0.4, 0.5) is 10.1 Å². The number of rotatable bonds is 9. The van der Waals surface area contributed by atoms with Crippen molar-refractivity contribution in [3.8, 4) is 0 Å². The van der Waals surface area contributed by atoms with E-state index in [4.69, 9.17) is 5.73 Å². The first-order valence-corrected chi connectivity index (χ1v) is 16.3. The van der Waals surface area contributed by atoms with Crippen LogP contribution in [0.1, 0.15) is 74.6 Å². The Bertz CT molecular complexity index is 1200. The predicted octanol–water partition coefficient (Wildman–Crippen LogP) is 5.96. The summed E-state index contributed by atoms with van der Waals surface area (Å²) in [6.45, 7) is 0.0687. The number of amides is 3. The van der Waals surface area contributed by atoms with Crippen molar-refractivity contribution in [2.24, 2.45) is 29.4 Å². The standard InChI is InChI=1S/C33H43FN4O3S/c34-21-29(35)23-11-13-25(14-12-23)33(41)38-20-19-28(22-7-3-1-4-8-22)30(38)32(40)36-26-17-15-24(16-18-26)31(39)37-42-27-9-5-2-6-10-27/h2,5-6,9-10,15-18,22-23,25,28-30H,1,3-4,7-8,11-14,19-21,35H2,(H,36,40)(H,37,39)/t23-,25-,28-,29+,30-/m0/s1. The van der Waals surface area contributed by atoms with Crippen LogP contribution in [0.3, 0.4) is 0 Å². The predicted molar refractivity (Wildman–Crippen MR) is 164 cm³/mol. The van der Waals surface area contributed by atoms with Gasteiger partial charge >= 0.3 is 0 Å². The summed E-state index contributed by atoms with van der Waals surface area (Å²) in [7, 11) is 0. The Hall–Kier alpha value is -2.91. The third-order valence-corrected chi connectivity index (χ3v) is 10.4. The quantitative estimate of drug-likeness (QED) is 0.311. The largest absolute Gasteiger partial charge is 0.330 e. The van der Waals surface area contributed by atoms with Crippen LogP contribution < -0.4 is 15.8 Å². The Labute approximate surface area is 252 Å². The van der Waals surface area contributed by atoms with Crippen LogP contribution in [0.5, 0.6) is 0 Å². The molecule has 1 heterocycles. The van der Waals surface area contributed by atoms with Crippen molar-refractivity contribution in [3.63, 3.8) is 0 Å². The SMILES string of the molecule is N[C@H](CF)[C@H]1CC[C@H](C(=O)N2CC[C@@H](C3CCCCC3)[C@H]2C(=O)Nc2ccc(C(=O)NSc3ccccc3)cc2)CC1. The summed E-state index contributed by atoms with van der Waals surface area (Å²) in [5.41, 5.74) is 7.05. The number of nitrogens with zero attached hydrogens (tertiary/aromatic N) is 1. The van der Waals surface area contributed by atoms with E-state index in [0.29, 0.717) is 36.6 Å². The van der Waals surface area contributed by atoms with Crippen molar-refractivity contribution < 1.29 is 18.8 Å². The molecule has 3 aliphatic rings. The van der Waals surface area contributed by atoms with Crippen LogP contribution in [0.15, 0.2) is 59.5 Å². The van der Waals surface area contributed by atoms with Crippen LogP contribution in [0, 0.1) is 23.7 Å². The fourth-order valence-corrected chi connectivity index (χ4v) is 7.81. The molecule has 0 bridgehead atoms. The lowest BCUT2D eigenvalue weighted by atomic mass is 9.76. The van der Waals surface area contributed by atoms with Crippen LogP contribution in [0.2, 0.25) is 0 Å². The molecule has 0 spiro atoms. The highest BCUT2D eigenvalue weighted by Crippen LogP contribution is 2.41. The van der Waals surface area contributed by atoms with Gasteiger partial charge in [0.2, 0.25) is 11.8 Å². The van der Waals surface area contributed by atoms with Gasteiger partial charge in [0.05, 0.1) is 0 Å². The van der Waals surface area contributed by atoms with Crippen LogP contribution >= 0.6 is 11.9 Å². The summed E-state index contributed by atoms with van der Waals surface area (Å²) < 4.78 is 16.0. The number of hydrogen-bond acceptors (Lipinski definition) is 5. The number of hydrogen-bond donors (Lipinski definition) is 3. The number of nitrogens with one attached hydrogen (secondary N) is 2. The van der Waals surface area contributed by atoms with E-state index < -0.39 is 18.8 Å². The second-order valence-corrected chi connectivity index (χ2v) is 13.0. The van der Waals surface area contributed by atoms with E-state index in [-0.39, 0.29) is 35.5 Å². The number of anilines is 1. The zero-order chi connectivity index (χ0) is 29.5. The average Bonchev–Trinajstić information content (AvgIpc) is 3.50. The fourth-order valence-electron chi connectivity index (χ4n) is 7.18. The fraction of sp³-hybridized carbons (Fsp3) is 0.545. The molecule has 3 atom stereocenters. The van der Waals surface area contributed by atoms with Gasteiger partial charge in [0, 0.05) is 34.7 Å². The number of halogens is 1. The van der Waals surface area contributed by atoms with E-state index in [9.17, 15) is 18.8 Å². The summed E-state index contributed by atoms with van der Waals surface area (Å²) in [5, 5.41) is 3.07. The van der Waals surface area contributed by atoms with Crippen molar-refractivity contribution in [2.45, 2.75) is 81.2 Å². The van der Waals surface area contributed by atoms with E-state index in [1.54, 1.807) is 24.3 Å². The molecule has 9 heteroatoms. The summed E-state index contributed by atoms with van der Waals surface area (Å²) in [6.07, 6.45) is 9.53. The van der Waals surface area contributed by atoms with Gasteiger partial charge in [-0.2, -0.15) is 0 Å². The number of benzene rings is 2. The molecule has 0 unspecified atom stereocenters. The zero-order valence-corrected chi connectivity index (χ0v) is 25.0. The molecule has 4 N–H and O–H groups in total. The molecule has 226 valence electrons. The molecule has 1 saturated heterocycles. The number of carbonyl (C=O) groups is 3. The lowest BCUT2D eigenvalue weighted by molar-refractivity contribution is -0.142. The van der Waals surface area contributed by atoms with Crippen LogP contribution in [-0.4, -0.2) is 47.9 Å². The third-order valence-electron chi connectivity index (χ3n) is 9.58. The van der Waals surface area contributed by atoms with E-state index in [0.717, 1.165) is 37.0 Å². The van der Waals surface area contributed by atoms with Crippen molar-refractivity contribution in [3.05, 3.63) is 60.2 Å². The molecule has 0 aromatic heterocycles. The molecule has 0 radical (unpaired) electrons.